The molecule has 0 heterocycles. The lowest BCUT2D eigenvalue weighted by Crippen LogP contribution is -2.15. The molecule has 0 aliphatic heterocycles. The second kappa shape index (κ2) is 9.08. The van der Waals surface area contributed by atoms with Crippen molar-refractivity contribution in [3.8, 4) is 17.2 Å². The number of aldehydes is 1. The van der Waals surface area contributed by atoms with Gasteiger partial charge in [0.15, 0.2) is 24.4 Å². The molecule has 2 aromatic carbocycles. The third kappa shape index (κ3) is 4.96. The first kappa shape index (κ1) is 18.8. The van der Waals surface area contributed by atoms with Crippen molar-refractivity contribution in [1.29, 1.82) is 0 Å². The Balaban J connectivity index is 1.95. The summed E-state index contributed by atoms with van der Waals surface area (Å²) in [7, 11) is 3.07. The van der Waals surface area contributed by atoms with E-state index in [1.807, 2.05) is 0 Å². The van der Waals surface area contributed by atoms with Crippen molar-refractivity contribution in [3.63, 3.8) is 0 Å². The lowest BCUT2D eigenvalue weighted by molar-refractivity contribution is -0.147. The van der Waals surface area contributed by atoms with E-state index in [4.69, 9.17) is 18.9 Å². The smallest absolute Gasteiger partial charge is 0.344 e. The third-order valence-corrected chi connectivity index (χ3v) is 4.07. The molecule has 132 valence electrons. The molecule has 7 heteroatoms. The molecule has 0 bridgehead atoms. The number of esters is 1. The molecular formula is C18H17BrO6. The standard InChI is InChI=1S/C18H17BrO6/c1-22-16-7-13(14(19)8-17(16)23-2)10-25-18(21)11-24-15-6-4-3-5-12(15)9-20/h3-9H,10-11H2,1-2H3. The number of benzene rings is 2. The van der Waals surface area contributed by atoms with Gasteiger partial charge in [0, 0.05) is 10.0 Å². The molecule has 0 fully saturated rings. The minimum atomic E-state index is -0.553. The van der Waals surface area contributed by atoms with Crippen LogP contribution < -0.4 is 14.2 Å². The first-order valence-electron chi connectivity index (χ1n) is 7.32. The molecule has 0 saturated heterocycles. The van der Waals surface area contributed by atoms with Crippen molar-refractivity contribution in [2.24, 2.45) is 0 Å². The molecule has 2 rings (SSSR count). The minimum absolute atomic E-state index is 0.0401. The van der Waals surface area contributed by atoms with Crippen LogP contribution in [-0.2, 0) is 16.1 Å². The van der Waals surface area contributed by atoms with Crippen LogP contribution in [0.15, 0.2) is 40.9 Å². The molecule has 0 atom stereocenters. The van der Waals surface area contributed by atoms with Crippen LogP contribution in [0.25, 0.3) is 0 Å². The summed E-state index contributed by atoms with van der Waals surface area (Å²) in [6, 6.07) is 10.1. The fraction of sp³-hybridized carbons (Fsp3) is 0.222. The zero-order valence-electron chi connectivity index (χ0n) is 13.8. The van der Waals surface area contributed by atoms with E-state index in [1.165, 1.54) is 7.11 Å². The average molecular weight is 409 g/mol. The van der Waals surface area contributed by atoms with E-state index in [0.717, 1.165) is 10.0 Å². The Morgan fingerprint density at radius 3 is 2.44 bits per heavy atom. The molecule has 0 aromatic heterocycles. The first-order chi connectivity index (χ1) is 12.1. The van der Waals surface area contributed by atoms with Gasteiger partial charge < -0.3 is 18.9 Å². The molecule has 0 spiro atoms. The summed E-state index contributed by atoms with van der Waals surface area (Å²) in [4.78, 5) is 22.8. The summed E-state index contributed by atoms with van der Waals surface area (Å²) in [6.45, 7) is -0.256. The SMILES string of the molecule is COc1cc(Br)c(COC(=O)COc2ccccc2C=O)cc1OC. The number of hydrogen-bond donors (Lipinski definition) is 0. The average Bonchev–Trinajstić information content (AvgIpc) is 2.65. The van der Waals surface area contributed by atoms with Crippen LogP contribution in [0, 0.1) is 0 Å². The third-order valence-electron chi connectivity index (χ3n) is 3.33. The maximum atomic E-state index is 11.9. The molecule has 2 aromatic rings. The van der Waals surface area contributed by atoms with Gasteiger partial charge in [-0.3, -0.25) is 4.79 Å². The highest BCUT2D eigenvalue weighted by Crippen LogP contribution is 2.33. The van der Waals surface area contributed by atoms with Gasteiger partial charge >= 0.3 is 5.97 Å². The largest absolute Gasteiger partial charge is 0.493 e. The van der Waals surface area contributed by atoms with Gasteiger partial charge in [-0.2, -0.15) is 0 Å². The van der Waals surface area contributed by atoms with Gasteiger partial charge in [-0.15, -0.1) is 0 Å². The number of carbonyl (C=O) groups excluding carboxylic acids is 2. The zero-order chi connectivity index (χ0) is 18.2. The van der Waals surface area contributed by atoms with Crippen LogP contribution in [0.2, 0.25) is 0 Å². The van der Waals surface area contributed by atoms with Crippen LogP contribution in [0.3, 0.4) is 0 Å². The van der Waals surface area contributed by atoms with Gasteiger partial charge in [0.25, 0.3) is 0 Å². The molecular weight excluding hydrogens is 392 g/mol. The molecule has 0 radical (unpaired) electrons. The topological polar surface area (TPSA) is 71.1 Å². The number of carbonyl (C=O) groups is 2. The van der Waals surface area contributed by atoms with Gasteiger partial charge in [-0.25, -0.2) is 4.79 Å². The normalized spacial score (nSPS) is 10.0. The molecule has 0 amide bonds. The minimum Gasteiger partial charge on any atom is -0.493 e. The lowest BCUT2D eigenvalue weighted by atomic mass is 10.2. The fourth-order valence-corrected chi connectivity index (χ4v) is 2.49. The number of halogens is 1. The summed E-state index contributed by atoms with van der Waals surface area (Å²) in [5.41, 5.74) is 1.09. The van der Waals surface area contributed by atoms with E-state index >= 15 is 0 Å². The van der Waals surface area contributed by atoms with E-state index < -0.39 is 5.97 Å². The highest BCUT2D eigenvalue weighted by molar-refractivity contribution is 9.10. The molecule has 0 aliphatic carbocycles. The van der Waals surface area contributed by atoms with Crippen molar-refractivity contribution in [3.05, 3.63) is 52.0 Å². The highest BCUT2D eigenvalue weighted by atomic mass is 79.9. The summed E-state index contributed by atoms with van der Waals surface area (Å²) in [5.74, 6) is 0.885. The van der Waals surface area contributed by atoms with E-state index in [-0.39, 0.29) is 13.2 Å². The van der Waals surface area contributed by atoms with Crippen LogP contribution in [0.1, 0.15) is 15.9 Å². The summed E-state index contributed by atoms with van der Waals surface area (Å²) < 4.78 is 21.7. The van der Waals surface area contributed by atoms with Gasteiger partial charge in [-0.05, 0) is 24.3 Å². The Morgan fingerprint density at radius 1 is 1.08 bits per heavy atom. The van der Waals surface area contributed by atoms with Crippen LogP contribution in [0.5, 0.6) is 17.2 Å². The number of rotatable bonds is 8. The van der Waals surface area contributed by atoms with E-state index in [2.05, 4.69) is 15.9 Å². The monoisotopic (exact) mass is 408 g/mol. The van der Waals surface area contributed by atoms with Gasteiger partial charge in [-0.1, -0.05) is 28.1 Å². The maximum absolute atomic E-state index is 11.9. The van der Waals surface area contributed by atoms with E-state index in [0.29, 0.717) is 29.1 Å². The molecule has 0 aliphatic rings. The molecule has 0 N–H and O–H groups in total. The molecule has 0 saturated carbocycles. The van der Waals surface area contributed by atoms with Crippen LogP contribution >= 0.6 is 15.9 Å². The van der Waals surface area contributed by atoms with Gasteiger partial charge in [0.05, 0.1) is 19.8 Å². The molecule has 6 nitrogen and oxygen atoms in total. The highest BCUT2D eigenvalue weighted by Gasteiger charge is 2.12. The van der Waals surface area contributed by atoms with Crippen LogP contribution in [-0.4, -0.2) is 33.1 Å². The van der Waals surface area contributed by atoms with E-state index in [1.54, 1.807) is 43.5 Å². The second-order valence-electron chi connectivity index (χ2n) is 4.90. The Labute approximate surface area is 153 Å². The Morgan fingerprint density at radius 2 is 1.76 bits per heavy atom. The van der Waals surface area contributed by atoms with E-state index in [9.17, 15) is 9.59 Å². The van der Waals surface area contributed by atoms with Crippen molar-refractivity contribution in [2.45, 2.75) is 6.61 Å². The first-order valence-corrected chi connectivity index (χ1v) is 8.11. The number of methoxy groups -OCH3 is 2. The van der Waals surface area contributed by atoms with Gasteiger partial charge in [0.2, 0.25) is 0 Å². The summed E-state index contributed by atoms with van der Waals surface area (Å²) >= 11 is 3.40. The lowest BCUT2D eigenvalue weighted by Gasteiger charge is -2.12. The van der Waals surface area contributed by atoms with Crippen molar-refractivity contribution in [2.75, 3.05) is 20.8 Å². The molecule has 25 heavy (non-hydrogen) atoms. The molecule has 0 unspecified atom stereocenters. The summed E-state index contributed by atoms with van der Waals surface area (Å²) in [5, 5.41) is 0. The van der Waals surface area contributed by atoms with Crippen molar-refractivity contribution < 1.29 is 28.5 Å². The number of ether oxygens (including phenoxy) is 4. The van der Waals surface area contributed by atoms with Crippen LogP contribution in [0.4, 0.5) is 0 Å². The van der Waals surface area contributed by atoms with Crippen molar-refractivity contribution in [1.82, 2.24) is 0 Å². The zero-order valence-corrected chi connectivity index (χ0v) is 15.4. The second-order valence-corrected chi connectivity index (χ2v) is 5.76. The Kier molecular flexibility index (Phi) is 6.82. The van der Waals surface area contributed by atoms with Crippen molar-refractivity contribution >= 4 is 28.2 Å². The predicted octanol–water partition coefficient (Wildman–Crippen LogP) is 3.40. The quantitative estimate of drug-likeness (QED) is 0.492. The number of hydrogen-bond acceptors (Lipinski definition) is 6. The Hall–Kier alpha value is -2.54. The number of para-hydroxylation sites is 1. The summed E-state index contributed by atoms with van der Waals surface area (Å²) in [6.07, 6.45) is 0.668. The Bertz CT molecular complexity index is 759. The predicted molar refractivity (Wildman–Crippen MR) is 94.4 cm³/mol. The fourth-order valence-electron chi connectivity index (χ4n) is 2.05. The van der Waals surface area contributed by atoms with Gasteiger partial charge in [0.1, 0.15) is 12.4 Å². The maximum Gasteiger partial charge on any atom is 0.344 e.